The van der Waals surface area contributed by atoms with Crippen molar-refractivity contribution in [1.82, 2.24) is 0 Å². The Kier molecular flexibility index (Phi) is 6.33. The number of carbonyl (C=O) groups excluding carboxylic acids is 3. The predicted octanol–water partition coefficient (Wildman–Crippen LogP) is 6.42. The molecule has 156 valence electrons. The Balaban J connectivity index is 1.55. The molecule has 32 heavy (non-hydrogen) atoms. The summed E-state index contributed by atoms with van der Waals surface area (Å²) in [6.45, 7) is 0. The fourth-order valence-electron chi connectivity index (χ4n) is 3.50. The lowest BCUT2D eigenvalue weighted by molar-refractivity contribution is 0.0893. The first-order valence-corrected chi connectivity index (χ1v) is 10.3. The van der Waals surface area contributed by atoms with Crippen LogP contribution in [0.25, 0.3) is 0 Å². The molecule has 0 radical (unpaired) electrons. The molecular formula is C28H21NO3. The van der Waals surface area contributed by atoms with Crippen molar-refractivity contribution in [1.29, 1.82) is 0 Å². The molecule has 0 unspecified atom stereocenters. The summed E-state index contributed by atoms with van der Waals surface area (Å²) in [7, 11) is 0. The number of rotatable bonds is 8. The second kappa shape index (κ2) is 9.67. The number of carbonyl (C=O) groups is 3. The van der Waals surface area contributed by atoms with E-state index in [9.17, 15) is 14.4 Å². The maximum Gasteiger partial charge on any atom is 0.170 e. The quantitative estimate of drug-likeness (QED) is 0.188. The summed E-state index contributed by atoms with van der Waals surface area (Å²) in [5, 5.41) is 0. The van der Waals surface area contributed by atoms with E-state index in [-0.39, 0.29) is 18.0 Å². The molecule has 0 atom stereocenters. The summed E-state index contributed by atoms with van der Waals surface area (Å²) in [6, 6.07) is 33.5. The van der Waals surface area contributed by atoms with Crippen molar-refractivity contribution in [3.8, 4) is 0 Å². The van der Waals surface area contributed by atoms with Crippen molar-refractivity contribution >= 4 is 34.9 Å². The molecule has 0 aromatic heterocycles. The molecule has 0 saturated carbocycles. The highest BCUT2D eigenvalue weighted by Crippen LogP contribution is 2.34. The van der Waals surface area contributed by atoms with E-state index in [0.29, 0.717) is 16.7 Å². The molecule has 0 bridgehead atoms. The first-order chi connectivity index (χ1) is 15.7. The summed E-state index contributed by atoms with van der Waals surface area (Å²) in [6.07, 6.45) is 0.496. The summed E-state index contributed by atoms with van der Waals surface area (Å²) < 4.78 is 0. The van der Waals surface area contributed by atoms with E-state index < -0.39 is 0 Å². The smallest absolute Gasteiger partial charge is 0.170 e. The molecule has 0 aliphatic heterocycles. The number of hydrogen-bond donors (Lipinski definition) is 0. The van der Waals surface area contributed by atoms with E-state index in [1.165, 1.54) is 0 Å². The molecule has 4 heteroatoms. The van der Waals surface area contributed by atoms with Gasteiger partial charge in [0.05, 0.1) is 6.42 Å². The molecule has 4 aromatic rings. The summed E-state index contributed by atoms with van der Waals surface area (Å²) in [4.78, 5) is 38.0. The summed E-state index contributed by atoms with van der Waals surface area (Å²) in [5.74, 6) is -0.515. The third-order valence-electron chi connectivity index (χ3n) is 5.17. The van der Waals surface area contributed by atoms with Crippen LogP contribution in [0.1, 0.15) is 37.5 Å². The van der Waals surface area contributed by atoms with E-state index >= 15 is 0 Å². The van der Waals surface area contributed by atoms with Crippen LogP contribution in [0.2, 0.25) is 0 Å². The van der Waals surface area contributed by atoms with Crippen LogP contribution in [0.15, 0.2) is 109 Å². The molecule has 0 amide bonds. The largest absolute Gasteiger partial charge is 0.311 e. The maximum absolute atomic E-state index is 12.7. The Morgan fingerprint density at radius 1 is 0.562 bits per heavy atom. The average Bonchev–Trinajstić information content (AvgIpc) is 2.86. The molecule has 0 aliphatic carbocycles. The average molecular weight is 419 g/mol. The molecule has 4 aromatic carbocycles. The van der Waals surface area contributed by atoms with Crippen LogP contribution in [0.4, 0.5) is 17.1 Å². The van der Waals surface area contributed by atoms with Crippen molar-refractivity contribution in [3.05, 3.63) is 126 Å². The van der Waals surface area contributed by atoms with Crippen LogP contribution in [-0.4, -0.2) is 17.9 Å². The van der Waals surface area contributed by atoms with E-state index in [4.69, 9.17) is 0 Å². The summed E-state index contributed by atoms with van der Waals surface area (Å²) in [5.41, 5.74) is 4.31. The zero-order chi connectivity index (χ0) is 22.3. The third-order valence-corrected chi connectivity index (χ3v) is 5.17. The number of nitrogens with zero attached hydrogens (tertiary/aromatic N) is 1. The SMILES string of the molecule is O=Cc1ccc(C(=O)CC(=O)c2ccc(N(c3ccccc3)c3ccccc3)cc2)cc1. The Bertz CT molecular complexity index is 1180. The fourth-order valence-corrected chi connectivity index (χ4v) is 3.50. The van der Waals surface area contributed by atoms with Crippen molar-refractivity contribution in [2.24, 2.45) is 0 Å². The van der Waals surface area contributed by atoms with Gasteiger partial charge in [-0.1, -0.05) is 60.7 Å². The molecule has 0 N–H and O–H groups in total. The van der Waals surface area contributed by atoms with Crippen LogP contribution in [0, 0.1) is 0 Å². The number of anilines is 3. The van der Waals surface area contributed by atoms with Crippen molar-refractivity contribution < 1.29 is 14.4 Å². The van der Waals surface area contributed by atoms with Crippen LogP contribution in [0.5, 0.6) is 0 Å². The Hall–Kier alpha value is -4.31. The Labute approximate surface area is 186 Å². The lowest BCUT2D eigenvalue weighted by Gasteiger charge is -2.25. The predicted molar refractivity (Wildman–Crippen MR) is 126 cm³/mol. The minimum absolute atomic E-state index is 0.221. The van der Waals surface area contributed by atoms with E-state index in [1.54, 1.807) is 36.4 Å². The zero-order valence-electron chi connectivity index (χ0n) is 17.3. The van der Waals surface area contributed by atoms with Gasteiger partial charge in [0.25, 0.3) is 0 Å². The van der Waals surface area contributed by atoms with Gasteiger partial charge in [0, 0.05) is 33.8 Å². The fraction of sp³-hybridized carbons (Fsp3) is 0.0357. The first-order valence-electron chi connectivity index (χ1n) is 10.3. The van der Waals surface area contributed by atoms with Crippen LogP contribution in [0.3, 0.4) is 0 Å². The minimum Gasteiger partial charge on any atom is -0.311 e. The molecule has 0 aliphatic rings. The third kappa shape index (κ3) is 4.71. The van der Waals surface area contributed by atoms with Gasteiger partial charge in [-0.05, 0) is 48.5 Å². The second-order valence-corrected chi connectivity index (χ2v) is 7.32. The Morgan fingerprint density at radius 2 is 0.969 bits per heavy atom. The van der Waals surface area contributed by atoms with Crippen LogP contribution in [-0.2, 0) is 0 Å². The monoisotopic (exact) mass is 419 g/mol. The van der Waals surface area contributed by atoms with E-state index in [1.807, 2.05) is 72.8 Å². The number of para-hydroxylation sites is 2. The van der Waals surface area contributed by atoms with E-state index in [2.05, 4.69) is 4.90 Å². The second-order valence-electron chi connectivity index (χ2n) is 7.32. The van der Waals surface area contributed by atoms with Crippen LogP contribution >= 0.6 is 0 Å². The van der Waals surface area contributed by atoms with Gasteiger partial charge in [0.1, 0.15) is 6.29 Å². The van der Waals surface area contributed by atoms with Crippen molar-refractivity contribution in [2.45, 2.75) is 6.42 Å². The van der Waals surface area contributed by atoms with Gasteiger partial charge in [-0.25, -0.2) is 0 Å². The highest BCUT2D eigenvalue weighted by atomic mass is 16.1. The molecule has 4 nitrogen and oxygen atoms in total. The molecule has 0 fully saturated rings. The number of Topliss-reactive ketones (excluding diaryl/α,β-unsaturated/α-hetero) is 2. The standard InChI is InChI=1S/C28H21NO3/c30-20-21-11-13-22(14-12-21)27(31)19-28(32)23-15-17-26(18-16-23)29(24-7-3-1-4-8-24)25-9-5-2-6-10-25/h1-18,20H,19H2. The van der Waals surface area contributed by atoms with Gasteiger partial charge in [0.2, 0.25) is 0 Å². The summed E-state index contributed by atoms with van der Waals surface area (Å²) >= 11 is 0. The van der Waals surface area contributed by atoms with Gasteiger partial charge in [-0.15, -0.1) is 0 Å². The molecule has 0 saturated heterocycles. The molecule has 0 heterocycles. The van der Waals surface area contributed by atoms with Crippen molar-refractivity contribution in [3.63, 3.8) is 0 Å². The maximum atomic E-state index is 12.7. The lowest BCUT2D eigenvalue weighted by atomic mass is 10.0. The van der Waals surface area contributed by atoms with Gasteiger partial charge in [-0.2, -0.15) is 0 Å². The van der Waals surface area contributed by atoms with Crippen molar-refractivity contribution in [2.75, 3.05) is 4.90 Å². The van der Waals surface area contributed by atoms with Crippen LogP contribution < -0.4 is 4.90 Å². The number of hydrogen-bond acceptors (Lipinski definition) is 4. The van der Waals surface area contributed by atoms with Gasteiger partial charge in [0.15, 0.2) is 11.6 Å². The van der Waals surface area contributed by atoms with Gasteiger partial charge >= 0.3 is 0 Å². The molecule has 0 spiro atoms. The first kappa shape index (κ1) is 20.9. The molecular weight excluding hydrogens is 398 g/mol. The topological polar surface area (TPSA) is 54.5 Å². The minimum atomic E-state index is -0.272. The lowest BCUT2D eigenvalue weighted by Crippen LogP contribution is -2.11. The van der Waals surface area contributed by atoms with E-state index in [0.717, 1.165) is 23.3 Å². The Morgan fingerprint density at radius 3 is 1.41 bits per heavy atom. The number of aldehydes is 1. The zero-order valence-corrected chi connectivity index (χ0v) is 17.3. The highest BCUT2D eigenvalue weighted by Gasteiger charge is 2.16. The normalized spacial score (nSPS) is 10.4. The number of benzene rings is 4. The molecule has 4 rings (SSSR count). The highest BCUT2D eigenvalue weighted by molar-refractivity contribution is 6.13. The van der Waals surface area contributed by atoms with Gasteiger partial charge in [-0.3, -0.25) is 14.4 Å². The number of ketones is 2. The van der Waals surface area contributed by atoms with Gasteiger partial charge < -0.3 is 4.90 Å².